The van der Waals surface area contributed by atoms with E-state index >= 15 is 0 Å². The van der Waals surface area contributed by atoms with Crippen molar-refractivity contribution in [3.63, 3.8) is 0 Å². The zero-order chi connectivity index (χ0) is 12.7. The van der Waals surface area contributed by atoms with Gasteiger partial charge < -0.3 is 5.32 Å². The molecule has 4 atom stereocenters. The minimum atomic E-state index is -0.0830. The SMILES string of the molecule is CNC(c1cc(Br)ccc1F)C1CC2CCC1C2. The summed E-state index contributed by atoms with van der Waals surface area (Å²) in [4.78, 5) is 0. The number of halogens is 2. The van der Waals surface area contributed by atoms with Gasteiger partial charge in [-0.2, -0.15) is 0 Å². The van der Waals surface area contributed by atoms with Gasteiger partial charge in [0.1, 0.15) is 5.82 Å². The van der Waals surface area contributed by atoms with Crippen LogP contribution in [0.25, 0.3) is 0 Å². The third-order valence-corrected chi connectivity index (χ3v) is 5.32. The molecule has 2 fully saturated rings. The normalized spacial score (nSPS) is 31.8. The number of hydrogen-bond donors (Lipinski definition) is 1. The molecule has 3 rings (SSSR count). The van der Waals surface area contributed by atoms with Crippen molar-refractivity contribution >= 4 is 15.9 Å². The van der Waals surface area contributed by atoms with Gasteiger partial charge in [0.2, 0.25) is 0 Å². The van der Waals surface area contributed by atoms with Crippen molar-refractivity contribution in [1.82, 2.24) is 5.32 Å². The van der Waals surface area contributed by atoms with E-state index in [1.165, 1.54) is 25.7 Å². The minimum absolute atomic E-state index is 0.0830. The first kappa shape index (κ1) is 12.6. The second-order valence-corrected chi connectivity index (χ2v) is 6.69. The average Bonchev–Trinajstić information content (AvgIpc) is 2.97. The van der Waals surface area contributed by atoms with E-state index in [2.05, 4.69) is 21.2 Å². The third-order valence-electron chi connectivity index (χ3n) is 4.83. The van der Waals surface area contributed by atoms with Gasteiger partial charge in [-0.25, -0.2) is 4.39 Å². The first-order valence-corrected chi connectivity index (χ1v) is 7.60. The second-order valence-electron chi connectivity index (χ2n) is 5.77. The van der Waals surface area contributed by atoms with Crippen LogP contribution in [0.1, 0.15) is 37.3 Å². The Morgan fingerprint density at radius 1 is 1.33 bits per heavy atom. The topological polar surface area (TPSA) is 12.0 Å². The van der Waals surface area contributed by atoms with Crippen molar-refractivity contribution in [2.45, 2.75) is 31.7 Å². The molecule has 1 N–H and O–H groups in total. The van der Waals surface area contributed by atoms with Gasteiger partial charge in [0.05, 0.1) is 0 Å². The molecule has 1 nitrogen and oxygen atoms in total. The lowest BCUT2D eigenvalue weighted by molar-refractivity contribution is 0.255. The third kappa shape index (κ3) is 2.12. The number of fused-ring (bicyclic) bond motifs is 2. The highest BCUT2D eigenvalue weighted by Gasteiger charge is 2.43. The smallest absolute Gasteiger partial charge is 0.128 e. The van der Waals surface area contributed by atoms with Gasteiger partial charge in [-0.15, -0.1) is 0 Å². The van der Waals surface area contributed by atoms with E-state index < -0.39 is 0 Å². The van der Waals surface area contributed by atoms with E-state index in [4.69, 9.17) is 0 Å². The first-order chi connectivity index (χ1) is 8.69. The Bertz CT molecular complexity index is 448. The van der Waals surface area contributed by atoms with E-state index in [1.54, 1.807) is 12.1 Å². The van der Waals surface area contributed by atoms with Crippen molar-refractivity contribution in [2.24, 2.45) is 17.8 Å². The van der Waals surface area contributed by atoms with Crippen LogP contribution in [-0.4, -0.2) is 7.05 Å². The minimum Gasteiger partial charge on any atom is -0.313 e. The maximum Gasteiger partial charge on any atom is 0.128 e. The molecule has 2 aliphatic rings. The lowest BCUT2D eigenvalue weighted by Gasteiger charge is -2.31. The predicted molar refractivity (Wildman–Crippen MR) is 74.8 cm³/mol. The van der Waals surface area contributed by atoms with Crippen LogP contribution in [0.5, 0.6) is 0 Å². The van der Waals surface area contributed by atoms with Gasteiger partial charge in [0, 0.05) is 16.1 Å². The molecule has 4 unspecified atom stereocenters. The number of nitrogens with one attached hydrogen (secondary N) is 1. The summed E-state index contributed by atoms with van der Waals surface area (Å²) < 4.78 is 15.0. The second kappa shape index (κ2) is 4.93. The Balaban J connectivity index is 1.90. The molecule has 2 saturated carbocycles. The standard InChI is InChI=1S/C15H19BrFN/c1-18-15(12-7-9-2-3-10(12)6-9)13-8-11(16)4-5-14(13)17/h4-5,8-10,12,15,18H,2-3,6-7H2,1H3. The fourth-order valence-corrected chi connectivity index (χ4v) is 4.43. The monoisotopic (exact) mass is 311 g/mol. The van der Waals surface area contributed by atoms with Crippen molar-refractivity contribution in [3.8, 4) is 0 Å². The fourth-order valence-electron chi connectivity index (χ4n) is 4.06. The summed E-state index contributed by atoms with van der Waals surface area (Å²) in [5.41, 5.74) is 0.824. The first-order valence-electron chi connectivity index (χ1n) is 6.81. The summed E-state index contributed by atoms with van der Waals surface area (Å²) in [6.45, 7) is 0. The lowest BCUT2D eigenvalue weighted by Crippen LogP contribution is -2.29. The average molecular weight is 312 g/mol. The summed E-state index contributed by atoms with van der Waals surface area (Å²) >= 11 is 3.45. The van der Waals surface area contributed by atoms with Crippen LogP contribution < -0.4 is 5.32 Å². The quantitative estimate of drug-likeness (QED) is 0.878. The van der Waals surface area contributed by atoms with Gasteiger partial charge >= 0.3 is 0 Å². The van der Waals surface area contributed by atoms with Crippen LogP contribution >= 0.6 is 15.9 Å². The fraction of sp³-hybridized carbons (Fsp3) is 0.600. The van der Waals surface area contributed by atoms with Crippen LogP contribution in [0.2, 0.25) is 0 Å². The largest absolute Gasteiger partial charge is 0.313 e. The molecule has 2 aliphatic carbocycles. The Labute approximate surface area is 116 Å². The molecule has 0 aliphatic heterocycles. The Kier molecular flexibility index (Phi) is 3.46. The molecule has 18 heavy (non-hydrogen) atoms. The highest BCUT2D eigenvalue weighted by molar-refractivity contribution is 9.10. The summed E-state index contributed by atoms with van der Waals surface area (Å²) in [7, 11) is 1.96. The van der Waals surface area contributed by atoms with Crippen LogP contribution in [0.4, 0.5) is 4.39 Å². The molecule has 0 saturated heterocycles. The molecule has 98 valence electrons. The Morgan fingerprint density at radius 2 is 2.17 bits per heavy atom. The zero-order valence-corrected chi connectivity index (χ0v) is 12.2. The van der Waals surface area contributed by atoms with Crippen molar-refractivity contribution in [3.05, 3.63) is 34.1 Å². The van der Waals surface area contributed by atoms with Crippen LogP contribution in [0.3, 0.4) is 0 Å². The van der Waals surface area contributed by atoms with E-state index in [9.17, 15) is 4.39 Å². The van der Waals surface area contributed by atoms with Crippen LogP contribution in [0, 0.1) is 23.6 Å². The lowest BCUT2D eigenvalue weighted by atomic mass is 9.80. The molecule has 0 aromatic heterocycles. The summed E-state index contributed by atoms with van der Waals surface area (Å²) in [5.74, 6) is 2.22. The van der Waals surface area contributed by atoms with E-state index in [0.717, 1.165) is 21.9 Å². The Morgan fingerprint density at radius 3 is 2.78 bits per heavy atom. The molecule has 0 amide bonds. The van der Waals surface area contributed by atoms with Crippen LogP contribution in [-0.2, 0) is 0 Å². The van der Waals surface area contributed by atoms with Crippen molar-refractivity contribution in [2.75, 3.05) is 7.05 Å². The zero-order valence-electron chi connectivity index (χ0n) is 10.6. The highest BCUT2D eigenvalue weighted by atomic mass is 79.9. The molecule has 2 bridgehead atoms. The number of rotatable bonds is 3. The van der Waals surface area contributed by atoms with E-state index in [0.29, 0.717) is 5.92 Å². The molecule has 1 aromatic rings. The maximum atomic E-state index is 14.0. The number of benzene rings is 1. The van der Waals surface area contributed by atoms with Gasteiger partial charge in [-0.05, 0) is 62.3 Å². The van der Waals surface area contributed by atoms with Gasteiger partial charge in [-0.1, -0.05) is 22.4 Å². The molecule has 0 radical (unpaired) electrons. The molecular formula is C15H19BrFN. The van der Waals surface area contributed by atoms with Gasteiger partial charge in [0.25, 0.3) is 0 Å². The molecule has 1 aromatic carbocycles. The molecular weight excluding hydrogens is 293 g/mol. The molecule has 3 heteroatoms. The maximum absolute atomic E-state index is 14.0. The highest BCUT2D eigenvalue weighted by Crippen LogP contribution is 2.52. The molecule has 0 spiro atoms. The van der Waals surface area contributed by atoms with E-state index in [-0.39, 0.29) is 11.9 Å². The number of hydrogen-bond acceptors (Lipinski definition) is 1. The summed E-state index contributed by atoms with van der Waals surface area (Å²) in [6, 6.07) is 5.43. The predicted octanol–water partition coefficient (Wildman–Crippen LogP) is 4.28. The van der Waals surface area contributed by atoms with Crippen LogP contribution in [0.15, 0.2) is 22.7 Å². The van der Waals surface area contributed by atoms with Crippen molar-refractivity contribution < 1.29 is 4.39 Å². The van der Waals surface area contributed by atoms with Crippen molar-refractivity contribution in [1.29, 1.82) is 0 Å². The van der Waals surface area contributed by atoms with Gasteiger partial charge in [0.15, 0.2) is 0 Å². The van der Waals surface area contributed by atoms with E-state index in [1.807, 2.05) is 13.1 Å². The Hall–Kier alpha value is -0.410. The summed E-state index contributed by atoms with van der Waals surface area (Å²) in [5, 5.41) is 3.35. The van der Waals surface area contributed by atoms with Gasteiger partial charge in [-0.3, -0.25) is 0 Å². The molecule has 0 heterocycles. The summed E-state index contributed by atoms with van der Waals surface area (Å²) in [6.07, 6.45) is 5.35.